The van der Waals surface area contributed by atoms with Crippen molar-refractivity contribution < 1.29 is 0 Å². The third-order valence-electron chi connectivity index (χ3n) is 5.22. The van der Waals surface area contributed by atoms with Crippen LogP contribution >= 0.6 is 0 Å². The number of hydrogen-bond acceptors (Lipinski definition) is 2. The van der Waals surface area contributed by atoms with Crippen LogP contribution in [0, 0.1) is 16.7 Å². The van der Waals surface area contributed by atoms with Crippen LogP contribution in [0.25, 0.3) is 0 Å². The fraction of sp³-hybridized carbons (Fsp3) is 0.588. The normalized spacial score (nSPS) is 24.6. The average molecular weight is 256 g/mol. The molecule has 1 aromatic rings. The van der Waals surface area contributed by atoms with E-state index in [0.29, 0.717) is 5.41 Å². The Hall–Kier alpha value is -1.33. The summed E-state index contributed by atoms with van der Waals surface area (Å²) in [5.41, 5.74) is 4.08. The van der Waals surface area contributed by atoms with Gasteiger partial charge in [-0.1, -0.05) is 26.8 Å². The van der Waals surface area contributed by atoms with Gasteiger partial charge in [0.25, 0.3) is 0 Å². The van der Waals surface area contributed by atoms with E-state index in [4.69, 9.17) is 5.26 Å². The number of nitriles is 1. The van der Waals surface area contributed by atoms with Crippen LogP contribution in [0.4, 0.5) is 0 Å². The quantitative estimate of drug-likeness (QED) is 0.899. The minimum absolute atomic E-state index is 0.178. The van der Waals surface area contributed by atoms with Crippen molar-refractivity contribution in [3.63, 3.8) is 0 Å². The molecule has 102 valence electrons. The number of rotatable bonds is 3. The van der Waals surface area contributed by atoms with Gasteiger partial charge in [-0.15, -0.1) is 0 Å². The molecule has 0 radical (unpaired) electrons. The summed E-state index contributed by atoms with van der Waals surface area (Å²) < 4.78 is 0. The summed E-state index contributed by atoms with van der Waals surface area (Å²) in [6, 6.07) is 8.50. The van der Waals surface area contributed by atoms with Crippen LogP contribution in [0.15, 0.2) is 18.2 Å². The fourth-order valence-electron chi connectivity index (χ4n) is 3.34. The van der Waals surface area contributed by atoms with E-state index in [1.54, 1.807) is 0 Å². The van der Waals surface area contributed by atoms with E-state index in [9.17, 15) is 0 Å². The van der Waals surface area contributed by atoms with Crippen molar-refractivity contribution in [3.8, 4) is 6.07 Å². The zero-order valence-corrected chi connectivity index (χ0v) is 12.5. The summed E-state index contributed by atoms with van der Waals surface area (Å²) in [6.45, 7) is 8.17. The zero-order chi connectivity index (χ0) is 14.1. The second-order valence-electron chi connectivity index (χ2n) is 6.55. The predicted octanol–water partition coefficient (Wildman–Crippen LogP) is 3.40. The van der Waals surface area contributed by atoms with Crippen molar-refractivity contribution in [2.24, 2.45) is 5.41 Å². The first kappa shape index (κ1) is 14.1. The van der Waals surface area contributed by atoms with E-state index in [1.165, 1.54) is 17.5 Å². The summed E-state index contributed by atoms with van der Waals surface area (Å²) in [5, 5.41) is 12.3. The third-order valence-corrected chi connectivity index (χ3v) is 5.22. The van der Waals surface area contributed by atoms with Crippen molar-refractivity contribution in [3.05, 3.63) is 34.9 Å². The molecule has 0 spiro atoms. The highest BCUT2D eigenvalue weighted by Gasteiger charge is 2.45. The zero-order valence-electron chi connectivity index (χ0n) is 12.5. The van der Waals surface area contributed by atoms with E-state index in [1.807, 2.05) is 13.1 Å². The number of fused-ring (bicyclic) bond motifs is 1. The molecule has 0 bridgehead atoms. The minimum atomic E-state index is 0.178. The summed E-state index contributed by atoms with van der Waals surface area (Å²) in [7, 11) is 2.01. The molecule has 0 amide bonds. The van der Waals surface area contributed by atoms with Gasteiger partial charge in [0.2, 0.25) is 0 Å². The average Bonchev–Trinajstić information content (AvgIpc) is 2.41. The van der Waals surface area contributed by atoms with E-state index in [2.05, 4.69) is 44.3 Å². The lowest BCUT2D eigenvalue weighted by atomic mass is 9.55. The van der Waals surface area contributed by atoms with Gasteiger partial charge < -0.3 is 5.32 Å². The number of aryl methyl sites for hydroxylation is 1. The van der Waals surface area contributed by atoms with Crippen LogP contribution in [0.3, 0.4) is 0 Å². The highest BCUT2D eigenvalue weighted by Crippen LogP contribution is 2.51. The van der Waals surface area contributed by atoms with Gasteiger partial charge >= 0.3 is 0 Å². The Kier molecular flexibility index (Phi) is 3.69. The monoisotopic (exact) mass is 256 g/mol. The minimum Gasteiger partial charge on any atom is -0.320 e. The molecular weight excluding hydrogens is 232 g/mol. The number of nitrogens with zero attached hydrogens (tertiary/aromatic N) is 1. The third kappa shape index (κ3) is 2.28. The van der Waals surface area contributed by atoms with Gasteiger partial charge in [-0.2, -0.15) is 5.26 Å². The van der Waals surface area contributed by atoms with Crippen molar-refractivity contribution in [2.45, 2.75) is 45.4 Å². The second-order valence-corrected chi connectivity index (χ2v) is 6.55. The van der Waals surface area contributed by atoms with Crippen molar-refractivity contribution in [1.29, 1.82) is 5.26 Å². The van der Waals surface area contributed by atoms with Crippen LogP contribution in [-0.4, -0.2) is 13.6 Å². The number of nitrogens with one attached hydrogen (secondary N) is 1. The summed E-state index contributed by atoms with van der Waals surface area (Å²) >= 11 is 0. The van der Waals surface area contributed by atoms with Gasteiger partial charge in [-0.25, -0.2) is 0 Å². The van der Waals surface area contributed by atoms with E-state index >= 15 is 0 Å². The molecule has 2 heteroatoms. The Labute approximate surface area is 116 Å². The molecule has 1 N–H and O–H groups in total. The van der Waals surface area contributed by atoms with E-state index < -0.39 is 0 Å². The Bertz CT molecular complexity index is 510. The smallest absolute Gasteiger partial charge is 0.0991 e. The molecule has 2 rings (SSSR count). The summed E-state index contributed by atoms with van der Waals surface area (Å²) in [4.78, 5) is 0. The molecule has 0 saturated heterocycles. The van der Waals surface area contributed by atoms with Crippen LogP contribution in [-0.2, 0) is 11.8 Å². The topological polar surface area (TPSA) is 35.8 Å². The Morgan fingerprint density at radius 2 is 2.05 bits per heavy atom. The molecule has 1 aromatic carbocycles. The lowest BCUT2D eigenvalue weighted by Crippen LogP contribution is -2.45. The van der Waals surface area contributed by atoms with Crippen LogP contribution in [0.1, 0.15) is 50.3 Å². The second kappa shape index (κ2) is 4.98. The standard InChI is InChI=1S/C17H24N2/c1-16(2)8-7-14-11-13(12-18)5-6-15(14)17(16,3)9-10-19-4/h5-6,11,19H,7-10H2,1-4H3/t17-/m0/s1. The van der Waals surface area contributed by atoms with Crippen molar-refractivity contribution >= 4 is 0 Å². The molecule has 1 atom stereocenters. The summed E-state index contributed by atoms with van der Waals surface area (Å²) in [6.07, 6.45) is 3.41. The van der Waals surface area contributed by atoms with E-state index in [0.717, 1.165) is 24.9 Å². The fourth-order valence-corrected chi connectivity index (χ4v) is 3.34. The number of hydrogen-bond donors (Lipinski definition) is 1. The molecule has 1 aliphatic rings. The van der Waals surface area contributed by atoms with E-state index in [-0.39, 0.29) is 5.41 Å². The largest absolute Gasteiger partial charge is 0.320 e. The lowest BCUT2D eigenvalue weighted by Gasteiger charge is -2.49. The molecule has 2 nitrogen and oxygen atoms in total. The first-order valence-electron chi connectivity index (χ1n) is 7.13. The predicted molar refractivity (Wildman–Crippen MR) is 79.2 cm³/mol. The van der Waals surface area contributed by atoms with Gasteiger partial charge in [0, 0.05) is 0 Å². The molecular formula is C17H24N2. The maximum absolute atomic E-state index is 9.05. The van der Waals surface area contributed by atoms with Gasteiger partial charge in [0.15, 0.2) is 0 Å². The van der Waals surface area contributed by atoms with Gasteiger partial charge in [0.05, 0.1) is 11.6 Å². The molecule has 1 aliphatic carbocycles. The molecule has 0 unspecified atom stereocenters. The maximum atomic E-state index is 9.05. The SMILES string of the molecule is CNCC[C@@]1(C)c2ccc(C#N)cc2CCC1(C)C. The maximum Gasteiger partial charge on any atom is 0.0991 e. The lowest BCUT2D eigenvalue weighted by molar-refractivity contribution is 0.136. The van der Waals surface area contributed by atoms with Crippen molar-refractivity contribution in [1.82, 2.24) is 5.32 Å². The number of benzene rings is 1. The first-order chi connectivity index (χ1) is 8.94. The van der Waals surface area contributed by atoms with Gasteiger partial charge in [0.1, 0.15) is 0 Å². The molecule has 0 fully saturated rings. The van der Waals surface area contributed by atoms with Crippen molar-refractivity contribution in [2.75, 3.05) is 13.6 Å². The Balaban J connectivity index is 2.49. The molecule has 0 heterocycles. The Morgan fingerprint density at radius 3 is 2.68 bits per heavy atom. The molecule has 0 aromatic heterocycles. The highest BCUT2D eigenvalue weighted by molar-refractivity contribution is 5.44. The first-order valence-corrected chi connectivity index (χ1v) is 7.13. The van der Waals surface area contributed by atoms with Crippen LogP contribution in [0.5, 0.6) is 0 Å². The summed E-state index contributed by atoms with van der Waals surface area (Å²) in [5.74, 6) is 0. The van der Waals surface area contributed by atoms with Crippen LogP contribution in [0.2, 0.25) is 0 Å². The van der Waals surface area contributed by atoms with Gasteiger partial charge in [-0.05, 0) is 66.9 Å². The van der Waals surface area contributed by atoms with Gasteiger partial charge in [-0.3, -0.25) is 0 Å². The Morgan fingerprint density at radius 1 is 1.32 bits per heavy atom. The molecule has 19 heavy (non-hydrogen) atoms. The molecule has 0 aliphatic heterocycles. The molecule has 0 saturated carbocycles. The van der Waals surface area contributed by atoms with Crippen LogP contribution < -0.4 is 5.32 Å². The highest BCUT2D eigenvalue weighted by atomic mass is 14.8.